The van der Waals surface area contributed by atoms with Gasteiger partial charge in [-0.05, 0) is 32.0 Å². The summed E-state index contributed by atoms with van der Waals surface area (Å²) >= 11 is 0. The molecular formula is C19H33IN4O. The number of ether oxygens (including phenoxy) is 1. The van der Waals surface area contributed by atoms with Gasteiger partial charge < -0.3 is 19.9 Å². The van der Waals surface area contributed by atoms with Crippen LogP contribution in [0.3, 0.4) is 0 Å². The summed E-state index contributed by atoms with van der Waals surface area (Å²) in [6, 6.07) is 10.6. The van der Waals surface area contributed by atoms with E-state index in [1.165, 1.54) is 5.56 Å². The molecule has 0 saturated carbocycles. The van der Waals surface area contributed by atoms with Crippen LogP contribution in [-0.4, -0.2) is 69.8 Å². The summed E-state index contributed by atoms with van der Waals surface area (Å²) < 4.78 is 5.45. The number of benzene rings is 1. The molecule has 0 amide bonds. The van der Waals surface area contributed by atoms with Crippen molar-refractivity contribution in [2.24, 2.45) is 10.9 Å². The smallest absolute Gasteiger partial charge is 0.193 e. The van der Waals surface area contributed by atoms with Crippen molar-refractivity contribution in [2.75, 3.05) is 54.0 Å². The van der Waals surface area contributed by atoms with E-state index >= 15 is 0 Å². The fourth-order valence-corrected chi connectivity index (χ4v) is 3.11. The molecule has 25 heavy (non-hydrogen) atoms. The third-order valence-corrected chi connectivity index (χ3v) is 4.42. The number of aliphatic imine (C=N–C) groups is 1. The Morgan fingerprint density at radius 3 is 2.68 bits per heavy atom. The van der Waals surface area contributed by atoms with Gasteiger partial charge in [-0.2, -0.15) is 0 Å². The Labute approximate surface area is 169 Å². The molecule has 6 heteroatoms. The molecule has 0 bridgehead atoms. The van der Waals surface area contributed by atoms with Crippen molar-refractivity contribution in [3.63, 3.8) is 0 Å². The van der Waals surface area contributed by atoms with Crippen LogP contribution in [0, 0.1) is 5.92 Å². The first-order chi connectivity index (χ1) is 11.7. The highest BCUT2D eigenvalue weighted by molar-refractivity contribution is 14.0. The number of nitrogens with one attached hydrogen (secondary N) is 1. The molecule has 5 nitrogen and oxygen atoms in total. The lowest BCUT2D eigenvalue weighted by atomic mass is 10.1. The molecule has 1 aliphatic rings. The largest absolute Gasteiger partial charge is 0.381 e. The monoisotopic (exact) mass is 460 g/mol. The predicted molar refractivity (Wildman–Crippen MR) is 116 cm³/mol. The molecule has 1 saturated heterocycles. The maximum atomic E-state index is 5.45. The first-order valence-electron chi connectivity index (χ1n) is 8.91. The van der Waals surface area contributed by atoms with E-state index in [1.807, 2.05) is 7.05 Å². The highest BCUT2D eigenvalue weighted by Gasteiger charge is 2.18. The molecule has 1 heterocycles. The fourth-order valence-electron chi connectivity index (χ4n) is 3.11. The van der Waals surface area contributed by atoms with Gasteiger partial charge in [-0.25, -0.2) is 0 Å². The number of rotatable bonds is 8. The van der Waals surface area contributed by atoms with Crippen LogP contribution >= 0.6 is 24.0 Å². The summed E-state index contributed by atoms with van der Waals surface area (Å²) in [5, 5.41) is 3.47. The third kappa shape index (κ3) is 8.37. The Morgan fingerprint density at radius 2 is 2.04 bits per heavy atom. The van der Waals surface area contributed by atoms with Crippen molar-refractivity contribution >= 4 is 29.9 Å². The maximum Gasteiger partial charge on any atom is 0.193 e. The zero-order chi connectivity index (χ0) is 17.2. The summed E-state index contributed by atoms with van der Waals surface area (Å²) in [4.78, 5) is 8.97. The zero-order valence-electron chi connectivity index (χ0n) is 15.8. The summed E-state index contributed by atoms with van der Waals surface area (Å²) in [7, 11) is 6.13. The fraction of sp³-hybridized carbons (Fsp3) is 0.632. The van der Waals surface area contributed by atoms with Crippen molar-refractivity contribution < 1.29 is 4.74 Å². The van der Waals surface area contributed by atoms with Gasteiger partial charge in [0.2, 0.25) is 0 Å². The van der Waals surface area contributed by atoms with E-state index in [4.69, 9.17) is 4.74 Å². The van der Waals surface area contributed by atoms with Gasteiger partial charge in [-0.3, -0.25) is 4.99 Å². The molecule has 1 aromatic carbocycles. The van der Waals surface area contributed by atoms with E-state index in [0.717, 1.165) is 58.2 Å². The molecule has 1 unspecified atom stereocenters. The van der Waals surface area contributed by atoms with Crippen molar-refractivity contribution in [3.05, 3.63) is 35.9 Å². The molecule has 2 rings (SSSR count). The van der Waals surface area contributed by atoms with Gasteiger partial charge in [0, 0.05) is 46.3 Å². The molecule has 1 atom stereocenters. The normalized spacial score (nSPS) is 17.4. The maximum absolute atomic E-state index is 5.45. The van der Waals surface area contributed by atoms with Gasteiger partial charge in [0.1, 0.15) is 0 Å². The van der Waals surface area contributed by atoms with Crippen LogP contribution in [0.1, 0.15) is 18.4 Å². The van der Waals surface area contributed by atoms with Gasteiger partial charge in [0.05, 0.1) is 6.61 Å². The second kappa shape index (κ2) is 12.5. The molecule has 1 fully saturated rings. The van der Waals surface area contributed by atoms with Gasteiger partial charge >= 0.3 is 0 Å². The Morgan fingerprint density at radius 1 is 1.28 bits per heavy atom. The molecule has 1 aliphatic heterocycles. The Balaban J connectivity index is 0.00000312. The molecule has 0 radical (unpaired) electrons. The Bertz CT molecular complexity index is 491. The Hall–Kier alpha value is -0.860. The second-order valence-corrected chi connectivity index (χ2v) is 6.66. The molecule has 142 valence electrons. The predicted octanol–water partition coefficient (Wildman–Crippen LogP) is 2.67. The first kappa shape index (κ1) is 22.2. The van der Waals surface area contributed by atoms with Crippen LogP contribution in [-0.2, 0) is 11.3 Å². The summed E-state index contributed by atoms with van der Waals surface area (Å²) in [6.45, 7) is 5.80. The van der Waals surface area contributed by atoms with Gasteiger partial charge in [-0.1, -0.05) is 30.3 Å². The highest BCUT2D eigenvalue weighted by atomic mass is 127. The number of halogens is 1. The van der Waals surface area contributed by atoms with Crippen molar-refractivity contribution in [2.45, 2.75) is 19.4 Å². The summed E-state index contributed by atoms with van der Waals surface area (Å²) in [6.07, 6.45) is 2.26. The molecule has 1 aromatic rings. The van der Waals surface area contributed by atoms with Crippen LogP contribution in [0.5, 0.6) is 0 Å². The lowest BCUT2D eigenvalue weighted by Crippen LogP contribution is -2.42. The van der Waals surface area contributed by atoms with E-state index in [0.29, 0.717) is 5.92 Å². The lowest BCUT2D eigenvalue weighted by Gasteiger charge is -2.25. The van der Waals surface area contributed by atoms with Crippen LogP contribution in [0.15, 0.2) is 35.3 Å². The lowest BCUT2D eigenvalue weighted by molar-refractivity contribution is 0.181. The van der Waals surface area contributed by atoms with Crippen molar-refractivity contribution in [1.29, 1.82) is 0 Å². The van der Waals surface area contributed by atoms with E-state index in [2.05, 4.69) is 64.5 Å². The third-order valence-electron chi connectivity index (χ3n) is 4.42. The minimum atomic E-state index is 0. The molecule has 0 aromatic heterocycles. The summed E-state index contributed by atoms with van der Waals surface area (Å²) in [5.74, 6) is 1.61. The quantitative estimate of drug-likeness (QED) is 0.280. The van der Waals surface area contributed by atoms with Crippen LogP contribution in [0.4, 0.5) is 0 Å². The number of nitrogens with zero attached hydrogens (tertiary/aromatic N) is 3. The highest BCUT2D eigenvalue weighted by Crippen LogP contribution is 2.13. The van der Waals surface area contributed by atoms with Crippen molar-refractivity contribution in [3.8, 4) is 0 Å². The summed E-state index contributed by atoms with van der Waals surface area (Å²) in [5.41, 5.74) is 1.36. The van der Waals surface area contributed by atoms with Crippen LogP contribution in [0.25, 0.3) is 0 Å². The van der Waals surface area contributed by atoms with Gasteiger partial charge in [-0.15, -0.1) is 24.0 Å². The zero-order valence-corrected chi connectivity index (χ0v) is 18.1. The molecule has 0 spiro atoms. The first-order valence-corrected chi connectivity index (χ1v) is 8.91. The standard InChI is InChI=1S/C19H32N4O.HI/c1-20-19(23(3)15-18-10-13-24-16-18)21-11-7-12-22(2)14-17-8-5-4-6-9-17;/h4-6,8-9,18H,7,10-16H2,1-3H3,(H,20,21);1H. The number of guanidine groups is 1. The van der Waals surface area contributed by atoms with Crippen LogP contribution < -0.4 is 5.32 Å². The number of hydrogen-bond acceptors (Lipinski definition) is 3. The molecular weight excluding hydrogens is 427 g/mol. The van der Waals surface area contributed by atoms with Gasteiger partial charge in [0.25, 0.3) is 0 Å². The molecule has 1 N–H and O–H groups in total. The van der Waals surface area contributed by atoms with E-state index in [1.54, 1.807) is 0 Å². The average molecular weight is 460 g/mol. The van der Waals surface area contributed by atoms with Crippen molar-refractivity contribution in [1.82, 2.24) is 15.1 Å². The second-order valence-electron chi connectivity index (χ2n) is 6.66. The van der Waals surface area contributed by atoms with E-state index < -0.39 is 0 Å². The van der Waals surface area contributed by atoms with Gasteiger partial charge in [0.15, 0.2) is 5.96 Å². The minimum absolute atomic E-state index is 0. The van der Waals surface area contributed by atoms with Crippen LogP contribution in [0.2, 0.25) is 0 Å². The SMILES string of the molecule is CN=C(NCCCN(C)Cc1ccccc1)N(C)CC1CCOC1.I. The van der Waals surface area contributed by atoms with E-state index in [9.17, 15) is 0 Å². The average Bonchev–Trinajstić information content (AvgIpc) is 3.08. The number of hydrogen-bond donors (Lipinski definition) is 1. The topological polar surface area (TPSA) is 40.1 Å². The van der Waals surface area contributed by atoms with E-state index in [-0.39, 0.29) is 24.0 Å². The molecule has 0 aliphatic carbocycles. The Kier molecular flexibility index (Phi) is 11.1. The minimum Gasteiger partial charge on any atom is -0.381 e.